The van der Waals surface area contributed by atoms with Crippen LogP contribution in [0.4, 0.5) is 0 Å². The third-order valence-corrected chi connectivity index (χ3v) is 6.07. The van der Waals surface area contributed by atoms with Gasteiger partial charge in [0.05, 0.1) is 0 Å². The van der Waals surface area contributed by atoms with Crippen LogP contribution in [-0.2, 0) is 12.8 Å². The average molecular weight is 286 g/mol. The number of hydrogen-bond acceptors (Lipinski definition) is 4. The molecular weight excluding hydrogens is 260 g/mol. The van der Waals surface area contributed by atoms with Crippen LogP contribution in [0, 0.1) is 5.92 Å². The number of piperidine rings is 1. The Labute approximate surface area is 127 Å². The van der Waals surface area contributed by atoms with Gasteiger partial charge in [0.1, 0.15) is 5.82 Å². The second kappa shape index (κ2) is 5.33. The molecular formula is C17H26N4. The largest absolute Gasteiger partial charge is 0.330 e. The molecule has 0 radical (unpaired) electrons. The zero-order valence-electron chi connectivity index (χ0n) is 13.0. The summed E-state index contributed by atoms with van der Waals surface area (Å²) in [6, 6.07) is 1.52. The first kappa shape index (κ1) is 13.6. The van der Waals surface area contributed by atoms with E-state index in [1.807, 2.05) is 0 Å². The minimum Gasteiger partial charge on any atom is -0.330 e. The molecule has 2 N–H and O–H groups in total. The molecule has 2 bridgehead atoms. The fraction of sp³-hybridized carbons (Fsp3) is 0.765. The summed E-state index contributed by atoms with van der Waals surface area (Å²) in [6.45, 7) is 0.791. The normalized spacial score (nSPS) is 35.7. The zero-order valence-corrected chi connectivity index (χ0v) is 13.0. The fourth-order valence-electron chi connectivity index (χ4n) is 4.62. The Morgan fingerprint density at radius 3 is 2.71 bits per heavy atom. The van der Waals surface area contributed by atoms with Gasteiger partial charge >= 0.3 is 0 Å². The van der Waals surface area contributed by atoms with Gasteiger partial charge in [-0.2, -0.15) is 0 Å². The minimum absolute atomic E-state index is 0.580. The van der Waals surface area contributed by atoms with Gasteiger partial charge in [-0.05, 0) is 70.0 Å². The molecule has 4 nitrogen and oxygen atoms in total. The Balaban J connectivity index is 1.55. The molecule has 3 aliphatic rings. The van der Waals surface area contributed by atoms with E-state index in [1.165, 1.54) is 43.4 Å². The first-order valence-corrected chi connectivity index (χ1v) is 8.51. The molecule has 4 rings (SSSR count). The van der Waals surface area contributed by atoms with Gasteiger partial charge in [-0.1, -0.05) is 0 Å². The lowest BCUT2D eigenvalue weighted by Gasteiger charge is -2.36. The van der Waals surface area contributed by atoms with E-state index >= 15 is 0 Å². The third-order valence-electron chi connectivity index (χ3n) is 6.07. The number of nitrogens with zero attached hydrogens (tertiary/aromatic N) is 3. The van der Waals surface area contributed by atoms with Crippen molar-refractivity contribution in [1.82, 2.24) is 14.9 Å². The maximum Gasteiger partial charge on any atom is 0.131 e. The molecule has 3 unspecified atom stereocenters. The molecule has 0 amide bonds. The highest BCUT2D eigenvalue weighted by atomic mass is 15.2. The van der Waals surface area contributed by atoms with Crippen LogP contribution in [0.15, 0.2) is 6.20 Å². The number of aromatic nitrogens is 2. The van der Waals surface area contributed by atoms with Gasteiger partial charge in [0.15, 0.2) is 0 Å². The summed E-state index contributed by atoms with van der Waals surface area (Å²) in [6.07, 6.45) is 10.7. The van der Waals surface area contributed by atoms with Crippen LogP contribution < -0.4 is 5.73 Å². The van der Waals surface area contributed by atoms with Crippen LogP contribution in [0.2, 0.25) is 0 Å². The van der Waals surface area contributed by atoms with Crippen molar-refractivity contribution in [3.63, 3.8) is 0 Å². The molecule has 2 fully saturated rings. The highest BCUT2D eigenvalue weighted by Gasteiger charge is 2.40. The quantitative estimate of drug-likeness (QED) is 0.902. The van der Waals surface area contributed by atoms with Crippen molar-refractivity contribution >= 4 is 0 Å². The van der Waals surface area contributed by atoms with E-state index in [1.54, 1.807) is 0 Å². The standard InChI is InChI=1S/C17H26N4/c1-21-14-3-4-15(21)8-12(7-14)17-19-10-13-6-11(9-18)2-5-16(13)20-17/h10-12,14-15H,2-9,18H2,1H3. The van der Waals surface area contributed by atoms with Crippen LogP contribution >= 0.6 is 0 Å². The van der Waals surface area contributed by atoms with E-state index in [-0.39, 0.29) is 0 Å². The Morgan fingerprint density at radius 2 is 2.00 bits per heavy atom. The summed E-state index contributed by atoms with van der Waals surface area (Å²) >= 11 is 0. The monoisotopic (exact) mass is 286 g/mol. The SMILES string of the molecule is CN1C2CCC1CC(c1ncc3c(n1)CCC(CN)C3)C2. The minimum atomic E-state index is 0.580. The highest BCUT2D eigenvalue weighted by molar-refractivity contribution is 5.23. The summed E-state index contributed by atoms with van der Waals surface area (Å²) in [5.74, 6) is 2.33. The van der Waals surface area contributed by atoms with Crippen LogP contribution in [0.3, 0.4) is 0 Å². The van der Waals surface area contributed by atoms with E-state index in [0.29, 0.717) is 11.8 Å². The number of fused-ring (bicyclic) bond motifs is 3. The Kier molecular flexibility index (Phi) is 3.46. The van der Waals surface area contributed by atoms with Crippen molar-refractivity contribution in [1.29, 1.82) is 0 Å². The highest BCUT2D eigenvalue weighted by Crippen LogP contribution is 2.41. The van der Waals surface area contributed by atoms with Crippen LogP contribution in [-0.4, -0.2) is 40.5 Å². The first-order valence-electron chi connectivity index (χ1n) is 8.51. The molecule has 3 atom stereocenters. The summed E-state index contributed by atoms with van der Waals surface area (Å²) in [4.78, 5) is 12.3. The number of nitrogens with two attached hydrogens (primary N) is 1. The predicted molar refractivity (Wildman–Crippen MR) is 83.1 cm³/mol. The van der Waals surface area contributed by atoms with E-state index in [0.717, 1.165) is 37.3 Å². The molecule has 1 aliphatic carbocycles. The summed E-state index contributed by atoms with van der Waals surface area (Å²) in [5.41, 5.74) is 8.46. The van der Waals surface area contributed by atoms with Gasteiger partial charge in [0.25, 0.3) is 0 Å². The summed E-state index contributed by atoms with van der Waals surface area (Å²) in [5, 5.41) is 0. The van der Waals surface area contributed by atoms with Gasteiger partial charge < -0.3 is 10.6 Å². The summed E-state index contributed by atoms with van der Waals surface area (Å²) in [7, 11) is 2.29. The predicted octanol–water partition coefficient (Wildman–Crippen LogP) is 1.88. The van der Waals surface area contributed by atoms with Gasteiger partial charge in [0, 0.05) is 29.9 Å². The second-order valence-electron chi connectivity index (χ2n) is 7.26. The number of hydrogen-bond donors (Lipinski definition) is 1. The maximum atomic E-state index is 5.81. The van der Waals surface area contributed by atoms with Crippen molar-refractivity contribution in [2.24, 2.45) is 11.7 Å². The molecule has 2 saturated heterocycles. The van der Waals surface area contributed by atoms with Gasteiger partial charge in [0.2, 0.25) is 0 Å². The zero-order chi connectivity index (χ0) is 14.4. The molecule has 0 saturated carbocycles. The summed E-state index contributed by atoms with van der Waals surface area (Å²) < 4.78 is 0. The van der Waals surface area contributed by atoms with Gasteiger partial charge in [-0.15, -0.1) is 0 Å². The molecule has 3 heterocycles. The average Bonchev–Trinajstić information content (AvgIpc) is 2.75. The number of aryl methyl sites for hydroxylation is 1. The number of rotatable bonds is 2. The van der Waals surface area contributed by atoms with E-state index in [9.17, 15) is 0 Å². The van der Waals surface area contributed by atoms with Gasteiger partial charge in [-0.25, -0.2) is 9.97 Å². The smallest absolute Gasteiger partial charge is 0.131 e. The molecule has 4 heteroatoms. The second-order valence-corrected chi connectivity index (χ2v) is 7.26. The molecule has 0 aromatic carbocycles. The van der Waals surface area contributed by atoms with Crippen molar-refractivity contribution in [2.75, 3.05) is 13.6 Å². The maximum absolute atomic E-state index is 5.81. The van der Waals surface area contributed by atoms with Crippen molar-refractivity contribution in [2.45, 2.75) is 62.9 Å². The molecule has 0 spiro atoms. The Morgan fingerprint density at radius 1 is 1.24 bits per heavy atom. The van der Waals surface area contributed by atoms with Crippen LogP contribution in [0.5, 0.6) is 0 Å². The van der Waals surface area contributed by atoms with Crippen molar-refractivity contribution in [3.8, 4) is 0 Å². The van der Waals surface area contributed by atoms with Crippen LogP contribution in [0.1, 0.15) is 55.1 Å². The molecule has 1 aromatic heterocycles. The molecule has 1 aromatic rings. The van der Waals surface area contributed by atoms with E-state index in [4.69, 9.17) is 15.7 Å². The molecule has 114 valence electrons. The first-order chi connectivity index (χ1) is 10.2. The molecule has 2 aliphatic heterocycles. The Bertz CT molecular complexity index is 516. The van der Waals surface area contributed by atoms with Gasteiger partial charge in [-0.3, -0.25) is 0 Å². The van der Waals surface area contributed by atoms with E-state index < -0.39 is 0 Å². The van der Waals surface area contributed by atoms with E-state index in [2.05, 4.69) is 18.1 Å². The molecule has 21 heavy (non-hydrogen) atoms. The third kappa shape index (κ3) is 2.38. The Hall–Kier alpha value is -1.00. The fourth-order valence-corrected chi connectivity index (χ4v) is 4.62. The van der Waals surface area contributed by atoms with Crippen molar-refractivity contribution < 1.29 is 0 Å². The van der Waals surface area contributed by atoms with Crippen molar-refractivity contribution in [3.05, 3.63) is 23.3 Å². The lowest BCUT2D eigenvalue weighted by molar-refractivity contribution is 0.158. The lowest BCUT2D eigenvalue weighted by atomic mass is 9.86. The van der Waals surface area contributed by atoms with Crippen LogP contribution in [0.25, 0.3) is 0 Å². The topological polar surface area (TPSA) is 55.0 Å². The lowest BCUT2D eigenvalue weighted by Crippen LogP contribution is -2.39.